The molecule has 0 aromatic heterocycles. The van der Waals surface area contributed by atoms with Crippen molar-refractivity contribution in [3.8, 4) is 0 Å². The fourth-order valence-corrected chi connectivity index (χ4v) is 2.18. The Morgan fingerprint density at radius 3 is 2.65 bits per heavy atom. The van der Waals surface area contributed by atoms with Crippen molar-refractivity contribution in [3.05, 3.63) is 30.3 Å². The number of esters is 1. The van der Waals surface area contributed by atoms with Crippen LogP contribution in [0.3, 0.4) is 0 Å². The first-order valence-electron chi connectivity index (χ1n) is 5.73. The zero-order chi connectivity index (χ0) is 12.5. The van der Waals surface area contributed by atoms with Crippen molar-refractivity contribution in [2.75, 3.05) is 12.1 Å². The zero-order valence-electron chi connectivity index (χ0n) is 10.4. The quantitative estimate of drug-likeness (QED) is 0.791. The Bertz CT molecular complexity index is 403. The predicted octanol–water partition coefficient (Wildman–Crippen LogP) is 1.72. The molecule has 17 heavy (non-hydrogen) atoms. The minimum absolute atomic E-state index is 0.102. The number of carbonyl (C=O) groups excluding carboxylic acids is 1. The molecule has 1 aromatic rings. The average Bonchev–Trinajstić information content (AvgIpc) is 2.65. The minimum atomic E-state index is -0.266. The molecule has 0 aliphatic carbocycles. The monoisotopic (exact) mass is 234 g/mol. The number of hydrazine groups is 1. The SMILES string of the molecule is COC(=O)C1CC(C)(C)NN1c1ccccc1. The maximum absolute atomic E-state index is 11.8. The molecule has 4 nitrogen and oxygen atoms in total. The highest BCUT2D eigenvalue weighted by Crippen LogP contribution is 2.29. The Labute approximate surface area is 102 Å². The Hall–Kier alpha value is -1.55. The number of nitrogens with one attached hydrogen (secondary N) is 1. The largest absolute Gasteiger partial charge is 0.467 e. The number of methoxy groups -OCH3 is 1. The molecule has 4 heteroatoms. The summed E-state index contributed by atoms with van der Waals surface area (Å²) in [4.78, 5) is 11.8. The van der Waals surface area contributed by atoms with E-state index in [4.69, 9.17) is 4.74 Å². The number of para-hydroxylation sites is 1. The Morgan fingerprint density at radius 2 is 2.06 bits per heavy atom. The van der Waals surface area contributed by atoms with Gasteiger partial charge >= 0.3 is 5.97 Å². The molecule has 2 rings (SSSR count). The van der Waals surface area contributed by atoms with Crippen LogP contribution in [-0.2, 0) is 9.53 Å². The van der Waals surface area contributed by atoms with Gasteiger partial charge in [-0.1, -0.05) is 18.2 Å². The van der Waals surface area contributed by atoms with Crippen LogP contribution >= 0.6 is 0 Å². The van der Waals surface area contributed by atoms with Gasteiger partial charge in [0.25, 0.3) is 0 Å². The number of anilines is 1. The number of ether oxygens (including phenoxy) is 1. The molecule has 1 fully saturated rings. The summed E-state index contributed by atoms with van der Waals surface area (Å²) in [6.07, 6.45) is 0.731. The molecule has 1 atom stereocenters. The van der Waals surface area contributed by atoms with Crippen molar-refractivity contribution in [1.29, 1.82) is 0 Å². The number of nitrogens with zero attached hydrogens (tertiary/aromatic N) is 1. The van der Waals surface area contributed by atoms with E-state index in [1.165, 1.54) is 7.11 Å². The molecule has 0 radical (unpaired) electrons. The highest BCUT2D eigenvalue weighted by Gasteiger charge is 2.41. The van der Waals surface area contributed by atoms with Crippen LogP contribution in [0.25, 0.3) is 0 Å². The third-order valence-electron chi connectivity index (χ3n) is 2.95. The van der Waals surface area contributed by atoms with Gasteiger partial charge in [-0.25, -0.2) is 10.2 Å². The normalized spacial score (nSPS) is 22.5. The smallest absolute Gasteiger partial charge is 0.330 e. The molecule has 1 aromatic carbocycles. The van der Waals surface area contributed by atoms with E-state index in [-0.39, 0.29) is 17.6 Å². The van der Waals surface area contributed by atoms with E-state index in [2.05, 4.69) is 19.3 Å². The summed E-state index contributed by atoms with van der Waals surface area (Å²) in [5.41, 5.74) is 4.22. The van der Waals surface area contributed by atoms with Crippen LogP contribution in [0.2, 0.25) is 0 Å². The molecule has 0 bridgehead atoms. The number of hydrogen-bond acceptors (Lipinski definition) is 4. The third kappa shape index (κ3) is 2.42. The first-order chi connectivity index (χ1) is 8.03. The van der Waals surface area contributed by atoms with Gasteiger partial charge in [-0.3, -0.25) is 5.01 Å². The Balaban J connectivity index is 2.28. The maximum atomic E-state index is 11.8. The van der Waals surface area contributed by atoms with Gasteiger partial charge in [-0.05, 0) is 32.4 Å². The molecule has 0 amide bonds. The topological polar surface area (TPSA) is 41.6 Å². The fourth-order valence-electron chi connectivity index (χ4n) is 2.18. The lowest BCUT2D eigenvalue weighted by Gasteiger charge is -2.26. The minimum Gasteiger partial charge on any atom is -0.467 e. The average molecular weight is 234 g/mol. The molecule has 1 saturated heterocycles. The van der Waals surface area contributed by atoms with Crippen molar-refractivity contribution in [2.45, 2.75) is 31.8 Å². The van der Waals surface area contributed by atoms with Crippen LogP contribution < -0.4 is 10.4 Å². The third-order valence-corrected chi connectivity index (χ3v) is 2.95. The Morgan fingerprint density at radius 1 is 1.41 bits per heavy atom. The second-order valence-electron chi connectivity index (χ2n) is 4.94. The van der Waals surface area contributed by atoms with Gasteiger partial charge in [0.05, 0.1) is 12.8 Å². The standard InChI is InChI=1S/C13H18N2O2/c1-13(2)9-11(12(16)17-3)15(14-13)10-7-5-4-6-8-10/h4-8,11,14H,9H2,1-3H3. The van der Waals surface area contributed by atoms with E-state index in [0.29, 0.717) is 0 Å². The van der Waals surface area contributed by atoms with E-state index >= 15 is 0 Å². The first-order valence-corrected chi connectivity index (χ1v) is 5.73. The first kappa shape index (κ1) is 11.9. The van der Waals surface area contributed by atoms with Crippen molar-refractivity contribution >= 4 is 11.7 Å². The summed E-state index contributed by atoms with van der Waals surface area (Å²) >= 11 is 0. The number of carbonyl (C=O) groups is 1. The molecule has 1 N–H and O–H groups in total. The van der Waals surface area contributed by atoms with Gasteiger partial charge in [0.1, 0.15) is 6.04 Å². The van der Waals surface area contributed by atoms with Crippen molar-refractivity contribution in [1.82, 2.24) is 5.43 Å². The van der Waals surface area contributed by atoms with E-state index < -0.39 is 0 Å². The molecule has 92 valence electrons. The van der Waals surface area contributed by atoms with Gasteiger partial charge in [0.2, 0.25) is 0 Å². The van der Waals surface area contributed by atoms with E-state index in [1.807, 2.05) is 35.3 Å². The van der Waals surface area contributed by atoms with E-state index in [0.717, 1.165) is 12.1 Å². The lowest BCUT2D eigenvalue weighted by molar-refractivity contribution is -0.142. The van der Waals surface area contributed by atoms with E-state index in [1.54, 1.807) is 0 Å². The molecular weight excluding hydrogens is 216 g/mol. The van der Waals surface area contributed by atoms with Gasteiger partial charge in [-0.15, -0.1) is 0 Å². The molecule has 0 spiro atoms. The van der Waals surface area contributed by atoms with Gasteiger partial charge < -0.3 is 4.74 Å². The van der Waals surface area contributed by atoms with Crippen LogP contribution in [-0.4, -0.2) is 24.7 Å². The van der Waals surface area contributed by atoms with Crippen LogP contribution in [0, 0.1) is 0 Å². The predicted molar refractivity (Wildman–Crippen MR) is 66.6 cm³/mol. The van der Waals surface area contributed by atoms with Gasteiger partial charge in [0.15, 0.2) is 0 Å². The Kier molecular flexibility index (Phi) is 3.07. The summed E-state index contributed by atoms with van der Waals surface area (Å²) in [6.45, 7) is 4.15. The fraction of sp³-hybridized carbons (Fsp3) is 0.462. The van der Waals surface area contributed by atoms with Crippen molar-refractivity contribution in [2.24, 2.45) is 0 Å². The number of rotatable bonds is 2. The van der Waals surface area contributed by atoms with Crippen molar-refractivity contribution in [3.63, 3.8) is 0 Å². The second-order valence-corrected chi connectivity index (χ2v) is 4.94. The lowest BCUT2D eigenvalue weighted by Crippen LogP contribution is -2.45. The van der Waals surface area contributed by atoms with Crippen LogP contribution in [0.15, 0.2) is 30.3 Å². The van der Waals surface area contributed by atoms with E-state index in [9.17, 15) is 4.79 Å². The highest BCUT2D eigenvalue weighted by atomic mass is 16.5. The summed E-state index contributed by atoms with van der Waals surface area (Å²) in [5.74, 6) is -0.202. The summed E-state index contributed by atoms with van der Waals surface area (Å²) < 4.78 is 4.86. The number of benzene rings is 1. The van der Waals surface area contributed by atoms with Crippen molar-refractivity contribution < 1.29 is 9.53 Å². The summed E-state index contributed by atoms with van der Waals surface area (Å²) in [6, 6.07) is 9.55. The van der Waals surface area contributed by atoms with Crippen LogP contribution in [0.1, 0.15) is 20.3 Å². The second kappa shape index (κ2) is 4.37. The molecule has 1 heterocycles. The maximum Gasteiger partial charge on any atom is 0.330 e. The molecule has 1 unspecified atom stereocenters. The van der Waals surface area contributed by atoms with Gasteiger partial charge in [-0.2, -0.15) is 0 Å². The van der Waals surface area contributed by atoms with Crippen LogP contribution in [0.5, 0.6) is 0 Å². The summed E-state index contributed by atoms with van der Waals surface area (Å²) in [5, 5.41) is 1.89. The lowest BCUT2D eigenvalue weighted by atomic mass is 9.99. The highest BCUT2D eigenvalue weighted by molar-refractivity contribution is 5.80. The zero-order valence-corrected chi connectivity index (χ0v) is 10.4. The molecular formula is C13H18N2O2. The number of hydrogen-bond donors (Lipinski definition) is 1. The molecule has 1 aliphatic heterocycles. The van der Waals surface area contributed by atoms with Crippen LogP contribution in [0.4, 0.5) is 5.69 Å². The molecule has 1 aliphatic rings. The molecule has 0 saturated carbocycles. The van der Waals surface area contributed by atoms with Gasteiger partial charge in [0, 0.05) is 5.54 Å². The summed E-state index contributed by atoms with van der Waals surface area (Å²) in [7, 11) is 1.43.